The van der Waals surface area contributed by atoms with Gasteiger partial charge in [-0.1, -0.05) is 0 Å². The lowest BCUT2D eigenvalue weighted by Gasteiger charge is -2.42. The monoisotopic (exact) mass is 630 g/mol. The van der Waals surface area contributed by atoms with E-state index in [9.17, 15) is 83.1 Å². The van der Waals surface area contributed by atoms with Crippen molar-refractivity contribution in [1.82, 2.24) is 0 Å². The van der Waals surface area contributed by atoms with Crippen molar-refractivity contribution < 1.29 is 92.1 Å². The number of hydrogen-bond acceptors (Lipinski definition) is 2. The van der Waals surface area contributed by atoms with Crippen LogP contribution in [0.25, 0.3) is 0 Å². The maximum Gasteiger partial charge on any atom is 0.460 e. The number of halogens is 17. The number of nitrogens with zero attached hydrogens (tertiary/aromatic N) is 1. The lowest BCUT2D eigenvalue weighted by Crippen LogP contribution is -2.74. The third-order valence-electron chi connectivity index (χ3n) is 5.68. The SMILES string of the molecule is CC(C)[N+](C)(C)C(C)C.O=S(=O)(O)C(F)(F)C(F)(F)C(F)(F)C(F)(F)C(F)(F)C(F)(F)C(F)(F)C(F)(F)F. The molecule has 0 spiro atoms. The molecular weight excluding hydrogens is 609 g/mol. The zero-order chi connectivity index (χ0) is 32.2. The number of hydrogen-bond donors (Lipinski definition) is 1. The van der Waals surface area contributed by atoms with Crippen LogP contribution in [0.4, 0.5) is 74.6 Å². The minimum Gasteiger partial charge on any atom is -0.325 e. The predicted octanol–water partition coefficient (Wildman–Crippen LogP) is 6.72. The van der Waals surface area contributed by atoms with Gasteiger partial charge < -0.3 is 4.48 Å². The summed E-state index contributed by atoms with van der Waals surface area (Å²) in [4.78, 5) is 0. The minimum atomic E-state index is -8.89. The second kappa shape index (κ2) is 10.3. The molecule has 0 bridgehead atoms. The Morgan fingerprint density at radius 3 is 0.868 bits per heavy atom. The fourth-order valence-electron chi connectivity index (χ4n) is 1.91. The summed E-state index contributed by atoms with van der Waals surface area (Å²) < 4.78 is 244. The predicted molar refractivity (Wildman–Crippen MR) is 94.6 cm³/mol. The normalized spacial score (nSPS) is 16.1. The molecule has 0 aliphatic heterocycles. The van der Waals surface area contributed by atoms with Crippen molar-refractivity contribution >= 4 is 10.1 Å². The molecule has 0 heterocycles. The van der Waals surface area contributed by atoms with Crippen LogP contribution in [0.2, 0.25) is 0 Å². The molecule has 1 N–H and O–H groups in total. The van der Waals surface area contributed by atoms with E-state index < -0.39 is 57.1 Å². The van der Waals surface area contributed by atoms with E-state index in [-0.39, 0.29) is 0 Å². The Kier molecular flexibility index (Phi) is 10.5. The van der Waals surface area contributed by atoms with Gasteiger partial charge in [0.1, 0.15) is 0 Å². The fraction of sp³-hybridized carbons (Fsp3) is 1.00. The molecule has 0 fully saturated rings. The van der Waals surface area contributed by atoms with Crippen LogP contribution in [0, 0.1) is 0 Å². The van der Waals surface area contributed by atoms with E-state index in [0.29, 0.717) is 0 Å². The van der Waals surface area contributed by atoms with E-state index in [1.54, 1.807) is 0 Å². The molecule has 0 aliphatic carbocycles. The Morgan fingerprint density at radius 1 is 0.500 bits per heavy atom. The van der Waals surface area contributed by atoms with Crippen molar-refractivity contribution in [3.8, 4) is 0 Å². The van der Waals surface area contributed by atoms with Crippen LogP contribution in [0.15, 0.2) is 0 Å². The van der Waals surface area contributed by atoms with E-state index in [1.807, 2.05) is 0 Å². The van der Waals surface area contributed by atoms with Crippen molar-refractivity contribution in [3.05, 3.63) is 0 Å². The fourth-order valence-corrected chi connectivity index (χ4v) is 2.36. The van der Waals surface area contributed by atoms with Gasteiger partial charge in [0.2, 0.25) is 0 Å². The molecule has 232 valence electrons. The average Bonchev–Trinajstić information content (AvgIpc) is 2.65. The minimum absolute atomic E-state index is 0.727. The molecule has 0 aromatic heterocycles. The van der Waals surface area contributed by atoms with Gasteiger partial charge in [0.05, 0.1) is 26.2 Å². The van der Waals surface area contributed by atoms with Crippen LogP contribution >= 0.6 is 0 Å². The quantitative estimate of drug-likeness (QED) is 0.175. The van der Waals surface area contributed by atoms with Crippen molar-refractivity contribution in [2.45, 2.75) is 86.7 Å². The molecule has 0 unspecified atom stereocenters. The van der Waals surface area contributed by atoms with Gasteiger partial charge in [-0.2, -0.15) is 83.1 Å². The second-order valence-electron chi connectivity index (χ2n) is 8.75. The van der Waals surface area contributed by atoms with Crippen LogP contribution in [-0.4, -0.2) is 90.6 Å². The molecule has 0 aliphatic rings. The zero-order valence-corrected chi connectivity index (χ0v) is 20.5. The van der Waals surface area contributed by atoms with Gasteiger partial charge >= 0.3 is 57.1 Å². The molecule has 0 aromatic rings. The molecule has 0 saturated heterocycles. The molecule has 0 atom stereocenters. The Hall–Kier alpha value is -1.32. The van der Waals surface area contributed by atoms with E-state index in [1.165, 1.54) is 0 Å². The van der Waals surface area contributed by atoms with Crippen LogP contribution in [-0.2, 0) is 10.1 Å². The third kappa shape index (κ3) is 5.75. The molecule has 4 nitrogen and oxygen atoms in total. The highest BCUT2D eigenvalue weighted by Crippen LogP contribution is 2.64. The molecule has 0 amide bonds. The summed E-state index contributed by atoms with van der Waals surface area (Å²) in [6.45, 7) is 9.06. The Labute approximate surface area is 204 Å². The summed E-state index contributed by atoms with van der Waals surface area (Å²) in [5.74, 6) is -52.0. The van der Waals surface area contributed by atoms with Gasteiger partial charge in [-0.15, -0.1) is 0 Å². The van der Waals surface area contributed by atoms with Crippen LogP contribution < -0.4 is 0 Å². The van der Waals surface area contributed by atoms with E-state index in [0.717, 1.165) is 16.6 Å². The Morgan fingerprint density at radius 2 is 0.711 bits per heavy atom. The van der Waals surface area contributed by atoms with Gasteiger partial charge in [-0.25, -0.2) is 0 Å². The van der Waals surface area contributed by atoms with E-state index >= 15 is 0 Å². The molecule has 0 saturated carbocycles. The summed E-state index contributed by atoms with van der Waals surface area (Å²) in [5.41, 5.74) is 0. The van der Waals surface area contributed by atoms with E-state index in [2.05, 4.69) is 41.8 Å². The van der Waals surface area contributed by atoms with Crippen molar-refractivity contribution in [3.63, 3.8) is 0 Å². The standard InChI is InChI=1S/C8HF17O3S.C8H20N/c9-1(10,3(13,14)5(17,18)7(21,22)23)2(11,12)4(15,16)6(19,20)8(24,25)29(26,27)28;1-7(2)9(5,6)8(3)4/h(H,26,27,28);7-8H,1-6H3/q;+1. The molecule has 0 radical (unpaired) electrons. The maximum atomic E-state index is 13.0. The summed E-state index contributed by atoms with van der Waals surface area (Å²) in [7, 11) is -3.35. The van der Waals surface area contributed by atoms with Gasteiger partial charge in [-0.05, 0) is 27.7 Å². The highest BCUT2D eigenvalue weighted by atomic mass is 32.2. The maximum absolute atomic E-state index is 13.0. The Balaban J connectivity index is 0. The summed E-state index contributed by atoms with van der Waals surface area (Å²) in [6, 6.07) is 1.45. The topological polar surface area (TPSA) is 54.4 Å². The van der Waals surface area contributed by atoms with Crippen molar-refractivity contribution in [1.29, 1.82) is 0 Å². The molecule has 0 rings (SSSR count). The van der Waals surface area contributed by atoms with Crippen molar-refractivity contribution in [2.24, 2.45) is 0 Å². The highest BCUT2D eigenvalue weighted by molar-refractivity contribution is 7.87. The van der Waals surface area contributed by atoms with Gasteiger partial charge in [0, 0.05) is 0 Å². The molecular formula is C16H21F17NO3S+. The third-order valence-corrected chi connectivity index (χ3v) is 6.58. The van der Waals surface area contributed by atoms with Crippen LogP contribution in [0.5, 0.6) is 0 Å². The van der Waals surface area contributed by atoms with Crippen LogP contribution in [0.1, 0.15) is 27.7 Å². The lowest BCUT2D eigenvalue weighted by molar-refractivity contribution is -0.931. The van der Waals surface area contributed by atoms with Crippen molar-refractivity contribution in [2.75, 3.05) is 14.1 Å². The molecule has 38 heavy (non-hydrogen) atoms. The average molecular weight is 630 g/mol. The summed E-state index contributed by atoms with van der Waals surface area (Å²) >= 11 is 0. The van der Waals surface area contributed by atoms with Gasteiger partial charge in [-0.3, -0.25) is 4.55 Å². The molecule has 22 heteroatoms. The highest BCUT2D eigenvalue weighted by Gasteiger charge is 2.96. The first kappa shape index (κ1) is 38.8. The first-order chi connectivity index (χ1) is 15.9. The van der Waals surface area contributed by atoms with Gasteiger partial charge in [0.15, 0.2) is 0 Å². The number of quaternary nitrogens is 1. The van der Waals surface area contributed by atoms with Crippen LogP contribution in [0.3, 0.4) is 0 Å². The van der Waals surface area contributed by atoms with E-state index in [4.69, 9.17) is 4.55 Å². The smallest absolute Gasteiger partial charge is 0.325 e. The lowest BCUT2D eigenvalue weighted by atomic mass is 9.91. The largest absolute Gasteiger partial charge is 0.460 e. The Bertz CT molecular complexity index is 914. The first-order valence-electron chi connectivity index (χ1n) is 9.40. The zero-order valence-electron chi connectivity index (χ0n) is 19.7. The molecule has 0 aromatic carbocycles. The van der Waals surface area contributed by atoms with Gasteiger partial charge in [0.25, 0.3) is 0 Å². The first-order valence-corrected chi connectivity index (χ1v) is 10.8. The summed E-state index contributed by atoms with van der Waals surface area (Å²) in [5, 5.41) is -7.84. The number of rotatable bonds is 9. The summed E-state index contributed by atoms with van der Waals surface area (Å²) in [6.07, 6.45) is -7.88. The second-order valence-corrected chi connectivity index (χ2v) is 10.2. The number of alkyl halides is 17.